The molecule has 5 nitrogen and oxygen atoms in total. The van der Waals surface area contributed by atoms with Crippen molar-refractivity contribution in [3.63, 3.8) is 0 Å². The molecule has 0 amide bonds. The topological polar surface area (TPSA) is 41.5 Å². The molecule has 2 aromatic rings. The molecule has 0 aliphatic carbocycles. The molecule has 4 rings (SSSR count). The van der Waals surface area contributed by atoms with E-state index in [-0.39, 0.29) is 0 Å². The van der Waals surface area contributed by atoms with Gasteiger partial charge in [0, 0.05) is 52.2 Å². The predicted octanol–water partition coefficient (Wildman–Crippen LogP) is 2.30. The minimum atomic E-state index is 0.781. The number of hydrogen-bond acceptors (Lipinski definition) is 5. The van der Waals surface area contributed by atoms with E-state index < -0.39 is 0 Å². The third-order valence-corrected chi connectivity index (χ3v) is 5.04. The Labute approximate surface area is 149 Å². The van der Waals surface area contributed by atoms with Gasteiger partial charge in [0.15, 0.2) is 0 Å². The van der Waals surface area contributed by atoms with E-state index in [1.54, 1.807) is 0 Å². The molecule has 0 N–H and O–H groups in total. The van der Waals surface area contributed by atoms with Gasteiger partial charge in [-0.15, -0.1) is 0 Å². The summed E-state index contributed by atoms with van der Waals surface area (Å²) in [6.07, 6.45) is 4.98. The zero-order valence-electron chi connectivity index (χ0n) is 14.7. The van der Waals surface area contributed by atoms with Crippen LogP contribution in [0.25, 0.3) is 0 Å². The summed E-state index contributed by atoms with van der Waals surface area (Å²) in [5, 5.41) is 0. The Morgan fingerprint density at radius 1 is 0.920 bits per heavy atom. The highest BCUT2D eigenvalue weighted by molar-refractivity contribution is 5.38. The number of benzene rings is 1. The van der Waals surface area contributed by atoms with Crippen LogP contribution in [0.2, 0.25) is 0 Å². The van der Waals surface area contributed by atoms with Gasteiger partial charge in [-0.3, -0.25) is 9.88 Å². The van der Waals surface area contributed by atoms with Gasteiger partial charge in [0.05, 0.1) is 24.2 Å². The number of ether oxygens (including phenoxy) is 1. The van der Waals surface area contributed by atoms with E-state index in [4.69, 9.17) is 14.7 Å². The molecule has 2 aliphatic rings. The van der Waals surface area contributed by atoms with E-state index in [1.165, 1.54) is 17.0 Å². The van der Waals surface area contributed by atoms with E-state index in [0.717, 1.165) is 71.0 Å². The van der Waals surface area contributed by atoms with Crippen LogP contribution < -0.4 is 4.90 Å². The monoisotopic (exact) mass is 338 g/mol. The molecule has 132 valence electrons. The van der Waals surface area contributed by atoms with Gasteiger partial charge in [0.2, 0.25) is 0 Å². The maximum Gasteiger partial charge on any atom is 0.147 e. The van der Waals surface area contributed by atoms with E-state index in [0.29, 0.717) is 0 Å². The second-order valence-corrected chi connectivity index (χ2v) is 6.84. The number of anilines is 1. The second kappa shape index (κ2) is 7.93. The van der Waals surface area contributed by atoms with Crippen molar-refractivity contribution in [2.75, 3.05) is 44.3 Å². The van der Waals surface area contributed by atoms with Crippen LogP contribution in [-0.4, -0.2) is 54.3 Å². The average Bonchev–Trinajstić information content (AvgIpc) is 3.04. The normalized spacial score (nSPS) is 19.1. The lowest BCUT2D eigenvalue weighted by Crippen LogP contribution is -2.27. The molecule has 1 aromatic carbocycles. The molecule has 1 saturated heterocycles. The predicted molar refractivity (Wildman–Crippen MR) is 98.8 cm³/mol. The van der Waals surface area contributed by atoms with Crippen molar-refractivity contribution in [3.8, 4) is 0 Å². The molecule has 0 unspecified atom stereocenters. The summed E-state index contributed by atoms with van der Waals surface area (Å²) >= 11 is 0. The SMILES string of the molecule is c1ccc(CN2CCc3ncc(N4CCCOCC4)nc3CC2)cc1. The molecular weight excluding hydrogens is 312 g/mol. The minimum absolute atomic E-state index is 0.781. The summed E-state index contributed by atoms with van der Waals surface area (Å²) in [4.78, 5) is 14.5. The summed E-state index contributed by atoms with van der Waals surface area (Å²) in [6, 6.07) is 10.7. The summed E-state index contributed by atoms with van der Waals surface area (Å²) < 4.78 is 5.55. The van der Waals surface area contributed by atoms with Crippen molar-refractivity contribution >= 4 is 5.82 Å². The van der Waals surface area contributed by atoms with E-state index in [1.807, 2.05) is 6.20 Å². The maximum absolute atomic E-state index is 5.55. The fraction of sp³-hybridized carbons (Fsp3) is 0.500. The van der Waals surface area contributed by atoms with Crippen molar-refractivity contribution in [1.29, 1.82) is 0 Å². The molecule has 2 aliphatic heterocycles. The summed E-state index contributed by atoms with van der Waals surface area (Å²) in [6.45, 7) is 6.65. The van der Waals surface area contributed by atoms with Gasteiger partial charge in [-0.2, -0.15) is 0 Å². The lowest BCUT2D eigenvalue weighted by Gasteiger charge is -2.21. The van der Waals surface area contributed by atoms with Crippen molar-refractivity contribution in [1.82, 2.24) is 14.9 Å². The van der Waals surface area contributed by atoms with Gasteiger partial charge in [0.1, 0.15) is 5.82 Å². The lowest BCUT2D eigenvalue weighted by atomic mass is 10.2. The zero-order valence-corrected chi connectivity index (χ0v) is 14.7. The Morgan fingerprint density at radius 3 is 2.64 bits per heavy atom. The molecule has 3 heterocycles. The number of fused-ring (bicyclic) bond motifs is 1. The fourth-order valence-corrected chi connectivity index (χ4v) is 3.62. The van der Waals surface area contributed by atoms with E-state index >= 15 is 0 Å². The Bertz CT molecular complexity index is 683. The summed E-state index contributed by atoms with van der Waals surface area (Å²) in [5.41, 5.74) is 3.73. The zero-order chi connectivity index (χ0) is 16.9. The first-order valence-corrected chi connectivity index (χ1v) is 9.32. The first-order valence-electron chi connectivity index (χ1n) is 9.32. The van der Waals surface area contributed by atoms with Gasteiger partial charge in [-0.1, -0.05) is 30.3 Å². The first-order chi connectivity index (χ1) is 12.4. The number of hydrogen-bond donors (Lipinski definition) is 0. The average molecular weight is 338 g/mol. The molecule has 1 aromatic heterocycles. The van der Waals surface area contributed by atoms with Crippen molar-refractivity contribution < 1.29 is 4.74 Å². The Hall–Kier alpha value is -1.98. The molecule has 0 spiro atoms. The van der Waals surface area contributed by atoms with Crippen LogP contribution in [0.5, 0.6) is 0 Å². The molecule has 0 saturated carbocycles. The minimum Gasteiger partial charge on any atom is -0.380 e. The van der Waals surface area contributed by atoms with Gasteiger partial charge in [0.25, 0.3) is 0 Å². The van der Waals surface area contributed by atoms with Gasteiger partial charge >= 0.3 is 0 Å². The Balaban J connectivity index is 1.44. The van der Waals surface area contributed by atoms with Crippen LogP contribution in [0.3, 0.4) is 0 Å². The highest BCUT2D eigenvalue weighted by Gasteiger charge is 2.19. The maximum atomic E-state index is 5.55. The fourth-order valence-electron chi connectivity index (χ4n) is 3.62. The second-order valence-electron chi connectivity index (χ2n) is 6.84. The van der Waals surface area contributed by atoms with Crippen LogP contribution in [0.4, 0.5) is 5.82 Å². The largest absolute Gasteiger partial charge is 0.380 e. The molecule has 0 bridgehead atoms. The van der Waals surface area contributed by atoms with E-state index in [9.17, 15) is 0 Å². The quantitative estimate of drug-likeness (QED) is 0.859. The summed E-state index contributed by atoms with van der Waals surface area (Å²) in [5.74, 6) is 1.01. The lowest BCUT2D eigenvalue weighted by molar-refractivity contribution is 0.152. The highest BCUT2D eigenvalue weighted by Crippen LogP contribution is 2.19. The van der Waals surface area contributed by atoms with E-state index in [2.05, 4.69) is 40.1 Å². The molecular formula is C20H26N4O. The standard InChI is InChI=1S/C20H26N4O/c1-2-5-17(6-3-1)16-23-10-7-18-19(8-11-23)22-20(15-21-18)24-9-4-13-25-14-12-24/h1-3,5-6,15H,4,7-14,16H2. The third-order valence-electron chi connectivity index (χ3n) is 5.04. The molecule has 5 heteroatoms. The van der Waals surface area contributed by atoms with Crippen molar-refractivity contribution in [2.45, 2.75) is 25.8 Å². The number of aromatic nitrogens is 2. The molecule has 1 fully saturated rings. The van der Waals surface area contributed by atoms with Crippen LogP contribution >= 0.6 is 0 Å². The van der Waals surface area contributed by atoms with Crippen molar-refractivity contribution in [2.24, 2.45) is 0 Å². The Morgan fingerprint density at radius 2 is 1.76 bits per heavy atom. The van der Waals surface area contributed by atoms with Crippen molar-refractivity contribution in [3.05, 3.63) is 53.5 Å². The highest BCUT2D eigenvalue weighted by atomic mass is 16.5. The third kappa shape index (κ3) is 4.17. The number of nitrogens with zero attached hydrogens (tertiary/aromatic N) is 4. The summed E-state index contributed by atoms with van der Waals surface area (Å²) in [7, 11) is 0. The molecule has 25 heavy (non-hydrogen) atoms. The Kier molecular flexibility index (Phi) is 5.23. The van der Waals surface area contributed by atoms with Gasteiger partial charge in [-0.05, 0) is 12.0 Å². The molecule has 0 atom stereocenters. The van der Waals surface area contributed by atoms with Crippen LogP contribution in [0, 0.1) is 0 Å². The first kappa shape index (κ1) is 16.5. The van der Waals surface area contributed by atoms with Gasteiger partial charge < -0.3 is 9.64 Å². The smallest absolute Gasteiger partial charge is 0.147 e. The van der Waals surface area contributed by atoms with Crippen LogP contribution in [-0.2, 0) is 24.1 Å². The number of rotatable bonds is 3. The van der Waals surface area contributed by atoms with Gasteiger partial charge in [-0.25, -0.2) is 4.98 Å². The van der Waals surface area contributed by atoms with Crippen LogP contribution in [0.15, 0.2) is 36.5 Å². The van der Waals surface area contributed by atoms with Crippen LogP contribution in [0.1, 0.15) is 23.4 Å². The molecule has 0 radical (unpaired) electrons.